The number of phenols is 2. The summed E-state index contributed by atoms with van der Waals surface area (Å²) in [7, 11) is 0. The lowest BCUT2D eigenvalue weighted by molar-refractivity contribution is -0.361. The predicted molar refractivity (Wildman–Crippen MR) is 73.8 cm³/mol. The third kappa shape index (κ3) is 2.80. The maximum atomic E-state index is 10.5. The molecule has 0 aromatic heterocycles. The average molecular weight is 314 g/mol. The van der Waals surface area contributed by atoms with E-state index in [9.17, 15) is 35.7 Å². The molecule has 0 spiro atoms. The Kier molecular flexibility index (Phi) is 4.43. The molecular weight excluding hydrogens is 296 g/mol. The second-order valence-electron chi connectivity index (χ2n) is 5.19. The molecule has 2 rings (SSSR count). The Morgan fingerprint density at radius 1 is 1.14 bits per heavy atom. The van der Waals surface area contributed by atoms with E-state index in [2.05, 4.69) is 0 Å². The molecule has 0 radical (unpaired) electrons. The van der Waals surface area contributed by atoms with Crippen LogP contribution >= 0.6 is 0 Å². The van der Waals surface area contributed by atoms with Crippen LogP contribution in [-0.4, -0.2) is 72.6 Å². The minimum absolute atomic E-state index is 0.232. The molecule has 0 saturated carbocycles. The van der Waals surface area contributed by atoms with Crippen molar-refractivity contribution < 1.29 is 40.5 Å². The Morgan fingerprint density at radius 2 is 1.73 bits per heavy atom. The van der Waals surface area contributed by atoms with Gasteiger partial charge >= 0.3 is 0 Å². The highest BCUT2D eigenvalue weighted by atomic mass is 16.6. The molecule has 0 bridgehead atoms. The lowest BCUT2D eigenvalue weighted by Crippen LogP contribution is -2.71. The summed E-state index contributed by atoms with van der Waals surface area (Å²) in [6, 6.07) is 3.60. The predicted octanol–water partition coefficient (Wildman–Crippen LogP) is -1.73. The van der Waals surface area contributed by atoms with Gasteiger partial charge in [-0.3, -0.25) is 0 Å². The minimum atomic E-state index is -2.95. The van der Waals surface area contributed by atoms with E-state index >= 15 is 0 Å². The van der Waals surface area contributed by atoms with Crippen LogP contribution in [-0.2, 0) is 4.74 Å². The maximum absolute atomic E-state index is 10.5. The first kappa shape index (κ1) is 16.7. The molecule has 0 unspecified atom stereocenters. The maximum Gasteiger partial charge on any atom is 0.228 e. The lowest BCUT2D eigenvalue weighted by Gasteiger charge is -2.48. The number of aromatic hydroxyl groups is 2. The van der Waals surface area contributed by atoms with Gasteiger partial charge in [-0.05, 0) is 23.8 Å². The van der Waals surface area contributed by atoms with Crippen LogP contribution in [0.15, 0.2) is 24.3 Å². The van der Waals surface area contributed by atoms with E-state index in [0.717, 1.165) is 12.1 Å². The molecule has 1 aromatic rings. The van der Waals surface area contributed by atoms with Crippen LogP contribution < -0.4 is 0 Å². The molecule has 1 fully saturated rings. The number of benzene rings is 1. The summed E-state index contributed by atoms with van der Waals surface area (Å²) < 4.78 is 5.01. The summed E-state index contributed by atoms with van der Waals surface area (Å²) in [5.74, 6) is -3.41. The van der Waals surface area contributed by atoms with E-state index in [4.69, 9.17) is 4.74 Å². The average Bonchev–Trinajstić information content (AvgIpc) is 2.43. The van der Waals surface area contributed by atoms with Crippen LogP contribution in [0, 0.1) is 0 Å². The Balaban J connectivity index is 2.39. The van der Waals surface area contributed by atoms with Crippen molar-refractivity contribution in [3.05, 3.63) is 29.8 Å². The molecule has 22 heavy (non-hydrogen) atoms. The summed E-state index contributed by atoms with van der Waals surface area (Å²) in [6.45, 7) is -1.19. The number of aliphatic hydroxyl groups excluding tert-OH is 2. The van der Waals surface area contributed by atoms with E-state index in [1.54, 1.807) is 0 Å². The molecule has 1 saturated heterocycles. The molecule has 8 heteroatoms. The van der Waals surface area contributed by atoms with Crippen molar-refractivity contribution >= 4 is 6.08 Å². The fourth-order valence-corrected chi connectivity index (χ4v) is 2.31. The lowest BCUT2D eigenvalue weighted by atomic mass is 9.81. The quantitative estimate of drug-likeness (QED) is 0.325. The highest BCUT2D eigenvalue weighted by molar-refractivity contribution is 5.56. The highest BCUT2D eigenvalue weighted by Crippen LogP contribution is 2.35. The summed E-state index contributed by atoms with van der Waals surface area (Å²) in [6.07, 6.45) is -1.06. The molecular formula is C14H18O8. The molecule has 1 aliphatic rings. The number of rotatable bonds is 3. The first-order valence-corrected chi connectivity index (χ1v) is 6.50. The van der Waals surface area contributed by atoms with Gasteiger partial charge in [-0.1, -0.05) is 6.08 Å². The minimum Gasteiger partial charge on any atom is -0.508 e. The smallest absolute Gasteiger partial charge is 0.228 e. The molecule has 0 amide bonds. The number of phenolic OH excluding ortho intramolecular Hbond substituents is 2. The number of ether oxygens (including phenoxy) is 1. The van der Waals surface area contributed by atoms with E-state index in [1.807, 2.05) is 0 Å². The zero-order chi connectivity index (χ0) is 16.5. The number of hydrogen-bond acceptors (Lipinski definition) is 8. The van der Waals surface area contributed by atoms with E-state index < -0.39 is 36.8 Å². The van der Waals surface area contributed by atoms with Gasteiger partial charge in [0, 0.05) is 6.07 Å². The zero-order valence-corrected chi connectivity index (χ0v) is 11.5. The number of hydrogen-bond donors (Lipinski definition) is 7. The van der Waals surface area contributed by atoms with Gasteiger partial charge in [-0.15, -0.1) is 0 Å². The van der Waals surface area contributed by atoms with Gasteiger partial charge < -0.3 is 40.5 Å². The third-order valence-electron chi connectivity index (χ3n) is 3.62. The van der Waals surface area contributed by atoms with Gasteiger partial charge in [-0.25, -0.2) is 0 Å². The van der Waals surface area contributed by atoms with Crippen LogP contribution in [0.2, 0.25) is 0 Å². The Hall–Kier alpha value is -1.68. The van der Waals surface area contributed by atoms with Crippen molar-refractivity contribution in [3.63, 3.8) is 0 Å². The van der Waals surface area contributed by atoms with Crippen molar-refractivity contribution in [3.8, 4) is 11.5 Å². The van der Waals surface area contributed by atoms with Gasteiger partial charge in [0.1, 0.15) is 23.7 Å². The molecule has 3 atom stereocenters. The first-order valence-electron chi connectivity index (χ1n) is 6.50. The topological polar surface area (TPSA) is 151 Å². The fraction of sp³-hybridized carbons (Fsp3) is 0.429. The molecule has 122 valence electrons. The Labute approximate surface area is 125 Å². The van der Waals surface area contributed by atoms with E-state index in [0.29, 0.717) is 0 Å². The van der Waals surface area contributed by atoms with Gasteiger partial charge in [0.25, 0.3) is 0 Å². The third-order valence-corrected chi connectivity index (χ3v) is 3.62. The monoisotopic (exact) mass is 314 g/mol. The SMILES string of the molecule is OC[C@H]1OC[C@H](O)C(O)(O)[C@@]1(O)/C=C/c1cc(O)cc(O)c1. The van der Waals surface area contributed by atoms with Crippen molar-refractivity contribution in [2.75, 3.05) is 13.2 Å². The second kappa shape index (κ2) is 5.84. The van der Waals surface area contributed by atoms with Crippen LogP contribution in [0.3, 0.4) is 0 Å². The van der Waals surface area contributed by atoms with Crippen molar-refractivity contribution in [1.29, 1.82) is 0 Å². The largest absolute Gasteiger partial charge is 0.508 e. The standard InChI is InChI=1S/C14H18O8/c15-6-12-13(19,14(20,21)11(18)7-22-12)2-1-8-3-9(16)5-10(17)4-8/h1-5,11-12,15-21H,6-7H2/b2-1+/t11-,12+,13+/m0/s1. The highest BCUT2D eigenvalue weighted by Gasteiger charge is 2.60. The fourth-order valence-electron chi connectivity index (χ4n) is 2.31. The van der Waals surface area contributed by atoms with Crippen LogP contribution in [0.5, 0.6) is 11.5 Å². The number of aliphatic hydroxyl groups is 5. The van der Waals surface area contributed by atoms with Gasteiger partial charge in [0.2, 0.25) is 5.79 Å². The van der Waals surface area contributed by atoms with Crippen LogP contribution in [0.4, 0.5) is 0 Å². The zero-order valence-electron chi connectivity index (χ0n) is 11.5. The Morgan fingerprint density at radius 3 is 2.27 bits per heavy atom. The Bertz CT molecular complexity index is 550. The van der Waals surface area contributed by atoms with E-state index in [-0.39, 0.29) is 17.1 Å². The van der Waals surface area contributed by atoms with Crippen molar-refractivity contribution in [1.82, 2.24) is 0 Å². The molecule has 1 aromatic carbocycles. The van der Waals surface area contributed by atoms with Crippen molar-refractivity contribution in [2.24, 2.45) is 0 Å². The molecule has 8 nitrogen and oxygen atoms in total. The van der Waals surface area contributed by atoms with Gasteiger partial charge in [0.15, 0.2) is 5.60 Å². The summed E-state index contributed by atoms with van der Waals surface area (Å²) in [5.41, 5.74) is -2.25. The van der Waals surface area contributed by atoms with Gasteiger partial charge in [-0.2, -0.15) is 0 Å². The molecule has 1 heterocycles. The molecule has 1 aliphatic heterocycles. The van der Waals surface area contributed by atoms with Crippen LogP contribution in [0.25, 0.3) is 6.08 Å². The van der Waals surface area contributed by atoms with Crippen LogP contribution in [0.1, 0.15) is 5.56 Å². The second-order valence-corrected chi connectivity index (χ2v) is 5.19. The summed E-state index contributed by atoms with van der Waals surface area (Å²) >= 11 is 0. The van der Waals surface area contributed by atoms with Gasteiger partial charge in [0.05, 0.1) is 13.2 Å². The molecule has 0 aliphatic carbocycles. The first-order chi connectivity index (χ1) is 10.2. The summed E-state index contributed by atoms with van der Waals surface area (Å²) in [4.78, 5) is 0. The van der Waals surface area contributed by atoms with Crippen molar-refractivity contribution in [2.45, 2.75) is 23.6 Å². The van der Waals surface area contributed by atoms with E-state index in [1.165, 1.54) is 18.2 Å². The summed E-state index contributed by atoms with van der Waals surface area (Å²) in [5, 5.41) is 68.0. The molecule has 7 N–H and O–H groups in total. The normalized spacial score (nSPS) is 31.5.